The van der Waals surface area contributed by atoms with Crippen LogP contribution in [0.5, 0.6) is 5.75 Å². The van der Waals surface area contributed by atoms with Gasteiger partial charge in [0.2, 0.25) is 5.91 Å². The second-order valence-corrected chi connectivity index (χ2v) is 6.05. The molecule has 0 saturated carbocycles. The molecule has 0 unspecified atom stereocenters. The summed E-state index contributed by atoms with van der Waals surface area (Å²) >= 11 is 1.41. The predicted octanol–water partition coefficient (Wildman–Crippen LogP) is 3.23. The van der Waals surface area contributed by atoms with E-state index in [4.69, 9.17) is 9.26 Å². The molecular formula is C17H17N3O3S. The number of nitrogens with zero attached hydrogens (tertiary/aromatic N) is 3. The third-order valence-corrected chi connectivity index (χ3v) is 4.59. The van der Waals surface area contributed by atoms with Crippen molar-refractivity contribution in [1.29, 1.82) is 0 Å². The first-order chi connectivity index (χ1) is 11.6. The van der Waals surface area contributed by atoms with E-state index in [1.54, 1.807) is 25.1 Å². The summed E-state index contributed by atoms with van der Waals surface area (Å²) in [5, 5.41) is 4.66. The molecule has 124 valence electrons. The molecule has 1 aromatic heterocycles. The maximum absolute atomic E-state index is 12.2. The van der Waals surface area contributed by atoms with Crippen molar-refractivity contribution in [2.75, 3.05) is 24.8 Å². The number of benzene rings is 1. The van der Waals surface area contributed by atoms with Crippen LogP contribution in [0, 0.1) is 6.92 Å². The van der Waals surface area contributed by atoms with E-state index in [0.29, 0.717) is 28.1 Å². The number of thioether (sulfide) groups is 1. The fraction of sp³-hybridized carbons (Fsp3) is 0.235. The molecule has 24 heavy (non-hydrogen) atoms. The molecule has 0 N–H and O–H groups in total. The van der Waals surface area contributed by atoms with Crippen LogP contribution in [0.2, 0.25) is 0 Å². The summed E-state index contributed by atoms with van der Waals surface area (Å²) in [5.74, 6) is 1.68. The van der Waals surface area contributed by atoms with E-state index in [0.717, 1.165) is 11.3 Å². The van der Waals surface area contributed by atoms with Gasteiger partial charge < -0.3 is 9.26 Å². The van der Waals surface area contributed by atoms with E-state index in [9.17, 15) is 4.79 Å². The molecule has 0 aliphatic carbocycles. The van der Waals surface area contributed by atoms with Crippen LogP contribution in [0.25, 0.3) is 12.2 Å². The Morgan fingerprint density at radius 1 is 1.33 bits per heavy atom. The highest BCUT2D eigenvalue weighted by Gasteiger charge is 2.33. The van der Waals surface area contributed by atoms with E-state index in [1.165, 1.54) is 11.8 Å². The second-order valence-electron chi connectivity index (χ2n) is 5.11. The standard InChI is InChI=1S/C17H17N3O3S/c1-11-16(20-15(21)10-24-17(20)18-2)14(23-19-11)9-6-12-4-7-13(22-3)8-5-12/h4-9H,10H2,1-3H3/b9-6+,18-17?. The van der Waals surface area contributed by atoms with Gasteiger partial charge in [-0.15, -0.1) is 0 Å². The lowest BCUT2D eigenvalue weighted by Gasteiger charge is -2.14. The van der Waals surface area contributed by atoms with Gasteiger partial charge in [0, 0.05) is 7.05 Å². The SMILES string of the molecule is CN=C1SCC(=O)N1c1c(C)noc1/C=C/c1ccc(OC)cc1. The zero-order valence-corrected chi connectivity index (χ0v) is 14.5. The van der Waals surface area contributed by atoms with Crippen LogP contribution < -0.4 is 9.64 Å². The minimum Gasteiger partial charge on any atom is -0.497 e. The van der Waals surface area contributed by atoms with Gasteiger partial charge in [-0.3, -0.25) is 14.7 Å². The van der Waals surface area contributed by atoms with E-state index in [1.807, 2.05) is 37.3 Å². The van der Waals surface area contributed by atoms with Crippen LogP contribution >= 0.6 is 11.8 Å². The van der Waals surface area contributed by atoms with Crippen molar-refractivity contribution in [2.24, 2.45) is 4.99 Å². The van der Waals surface area contributed by atoms with Gasteiger partial charge in [0.15, 0.2) is 10.9 Å². The van der Waals surface area contributed by atoms with Gasteiger partial charge in [-0.25, -0.2) is 0 Å². The first-order valence-electron chi connectivity index (χ1n) is 7.35. The molecule has 1 aliphatic heterocycles. The third kappa shape index (κ3) is 3.07. The monoisotopic (exact) mass is 343 g/mol. The maximum Gasteiger partial charge on any atom is 0.243 e. The summed E-state index contributed by atoms with van der Waals surface area (Å²) in [6.07, 6.45) is 3.71. The van der Waals surface area contributed by atoms with E-state index in [2.05, 4.69) is 10.1 Å². The Morgan fingerprint density at radius 2 is 2.08 bits per heavy atom. The maximum atomic E-state index is 12.2. The van der Waals surface area contributed by atoms with Crippen LogP contribution in [-0.2, 0) is 4.79 Å². The van der Waals surface area contributed by atoms with Gasteiger partial charge >= 0.3 is 0 Å². The van der Waals surface area contributed by atoms with Crippen molar-refractivity contribution in [2.45, 2.75) is 6.92 Å². The van der Waals surface area contributed by atoms with Crippen molar-refractivity contribution in [3.8, 4) is 5.75 Å². The average molecular weight is 343 g/mol. The van der Waals surface area contributed by atoms with Crippen molar-refractivity contribution in [3.05, 3.63) is 41.3 Å². The normalized spacial score (nSPS) is 16.5. The number of aryl methyl sites for hydroxylation is 1. The topological polar surface area (TPSA) is 67.9 Å². The number of aromatic nitrogens is 1. The Labute approximate surface area is 144 Å². The number of amidine groups is 1. The molecule has 1 aliphatic rings. The lowest BCUT2D eigenvalue weighted by molar-refractivity contribution is -0.115. The number of amides is 1. The Morgan fingerprint density at radius 3 is 2.75 bits per heavy atom. The summed E-state index contributed by atoms with van der Waals surface area (Å²) in [4.78, 5) is 18.0. The number of methoxy groups -OCH3 is 1. The number of rotatable bonds is 4. The highest BCUT2D eigenvalue weighted by molar-refractivity contribution is 8.15. The van der Waals surface area contributed by atoms with Crippen LogP contribution in [-0.4, -0.2) is 36.1 Å². The molecule has 1 fully saturated rings. The van der Waals surface area contributed by atoms with Crippen molar-refractivity contribution in [3.63, 3.8) is 0 Å². The molecule has 6 nitrogen and oxygen atoms in total. The number of hydrogen-bond acceptors (Lipinski definition) is 6. The van der Waals surface area contributed by atoms with Crippen LogP contribution in [0.15, 0.2) is 33.8 Å². The molecule has 2 heterocycles. The van der Waals surface area contributed by atoms with Crippen molar-refractivity contribution >= 4 is 40.7 Å². The van der Waals surface area contributed by atoms with Gasteiger partial charge in [-0.1, -0.05) is 35.1 Å². The minimum atomic E-state index is -0.0222. The fourth-order valence-corrected chi connectivity index (χ4v) is 3.23. The second kappa shape index (κ2) is 6.92. The molecular weight excluding hydrogens is 326 g/mol. The quantitative estimate of drug-likeness (QED) is 0.852. The fourth-order valence-electron chi connectivity index (χ4n) is 2.40. The van der Waals surface area contributed by atoms with Gasteiger partial charge in [-0.05, 0) is 30.7 Å². The zero-order valence-electron chi connectivity index (χ0n) is 13.6. The molecule has 7 heteroatoms. The molecule has 1 saturated heterocycles. The summed E-state index contributed by atoms with van der Waals surface area (Å²) in [6, 6.07) is 7.64. The molecule has 0 atom stereocenters. The number of aliphatic imine (C=N–C) groups is 1. The summed E-state index contributed by atoms with van der Waals surface area (Å²) < 4.78 is 10.5. The largest absolute Gasteiger partial charge is 0.497 e. The Bertz CT molecular complexity index is 809. The van der Waals surface area contributed by atoms with E-state index < -0.39 is 0 Å². The number of ether oxygens (including phenoxy) is 1. The van der Waals surface area contributed by atoms with Crippen LogP contribution in [0.4, 0.5) is 5.69 Å². The third-order valence-electron chi connectivity index (χ3n) is 3.58. The predicted molar refractivity (Wildman–Crippen MR) is 96.5 cm³/mol. The smallest absolute Gasteiger partial charge is 0.243 e. The number of carbonyl (C=O) groups excluding carboxylic acids is 1. The summed E-state index contributed by atoms with van der Waals surface area (Å²) in [5.41, 5.74) is 2.29. The lowest BCUT2D eigenvalue weighted by atomic mass is 10.2. The highest BCUT2D eigenvalue weighted by Crippen LogP contribution is 2.33. The first kappa shape index (κ1) is 16.3. The Hall–Kier alpha value is -2.54. The van der Waals surface area contributed by atoms with Crippen LogP contribution in [0.3, 0.4) is 0 Å². The van der Waals surface area contributed by atoms with Crippen LogP contribution in [0.1, 0.15) is 17.0 Å². The van der Waals surface area contributed by atoms with Gasteiger partial charge in [0.1, 0.15) is 17.1 Å². The van der Waals surface area contributed by atoms with Gasteiger partial charge in [0.05, 0.1) is 12.9 Å². The Balaban J connectivity index is 1.92. The molecule has 1 amide bonds. The van der Waals surface area contributed by atoms with E-state index >= 15 is 0 Å². The molecule has 3 rings (SSSR count). The van der Waals surface area contributed by atoms with Gasteiger partial charge in [-0.2, -0.15) is 0 Å². The number of hydrogen-bond donors (Lipinski definition) is 0. The molecule has 0 spiro atoms. The van der Waals surface area contributed by atoms with Crippen molar-refractivity contribution in [1.82, 2.24) is 5.16 Å². The first-order valence-corrected chi connectivity index (χ1v) is 8.33. The van der Waals surface area contributed by atoms with Gasteiger partial charge in [0.25, 0.3) is 0 Å². The molecule has 0 bridgehead atoms. The zero-order chi connectivity index (χ0) is 17.1. The van der Waals surface area contributed by atoms with E-state index in [-0.39, 0.29) is 5.91 Å². The highest BCUT2D eigenvalue weighted by atomic mass is 32.2. The number of carbonyl (C=O) groups is 1. The molecule has 2 aromatic rings. The van der Waals surface area contributed by atoms with Crippen molar-refractivity contribution < 1.29 is 14.1 Å². The Kier molecular flexibility index (Phi) is 4.71. The lowest BCUT2D eigenvalue weighted by Crippen LogP contribution is -2.30. The number of anilines is 1. The summed E-state index contributed by atoms with van der Waals surface area (Å²) in [6.45, 7) is 1.81. The molecule has 0 radical (unpaired) electrons. The molecule has 1 aromatic carbocycles. The average Bonchev–Trinajstić information content (AvgIpc) is 3.15. The minimum absolute atomic E-state index is 0.0222. The summed E-state index contributed by atoms with van der Waals surface area (Å²) in [7, 11) is 3.30.